The van der Waals surface area contributed by atoms with Crippen LogP contribution in [0.15, 0.2) is 34.9 Å². The number of ketones is 1. The quantitative estimate of drug-likeness (QED) is 0.765. The van der Waals surface area contributed by atoms with Crippen LogP contribution in [0, 0.1) is 0 Å². The van der Waals surface area contributed by atoms with E-state index in [4.69, 9.17) is 4.42 Å². The number of hydrogen-bond acceptors (Lipinski definition) is 3. The van der Waals surface area contributed by atoms with Crippen molar-refractivity contribution in [1.82, 2.24) is 4.98 Å². The molecule has 1 aromatic heterocycles. The molecule has 0 amide bonds. The fourth-order valence-corrected chi connectivity index (χ4v) is 2.96. The molecule has 1 heterocycles. The van der Waals surface area contributed by atoms with Gasteiger partial charge in [0.05, 0.1) is 6.20 Å². The van der Waals surface area contributed by atoms with Crippen molar-refractivity contribution in [2.45, 2.75) is 44.9 Å². The van der Waals surface area contributed by atoms with Gasteiger partial charge in [-0.05, 0) is 25.8 Å². The van der Waals surface area contributed by atoms with E-state index in [1.807, 2.05) is 30.5 Å². The van der Waals surface area contributed by atoms with E-state index in [2.05, 4.69) is 4.98 Å². The molecule has 0 saturated heterocycles. The van der Waals surface area contributed by atoms with Gasteiger partial charge in [-0.1, -0.05) is 37.5 Å². The third-order valence-electron chi connectivity index (χ3n) is 4.07. The maximum absolute atomic E-state index is 11.7. The van der Waals surface area contributed by atoms with Gasteiger partial charge in [-0.3, -0.25) is 4.79 Å². The van der Waals surface area contributed by atoms with Gasteiger partial charge < -0.3 is 4.42 Å². The first-order chi connectivity index (χ1) is 9.75. The molecule has 0 radical (unpaired) electrons. The Labute approximate surface area is 119 Å². The van der Waals surface area contributed by atoms with Crippen molar-refractivity contribution in [2.75, 3.05) is 0 Å². The van der Waals surface area contributed by atoms with Gasteiger partial charge >= 0.3 is 0 Å². The molecule has 1 aliphatic rings. The van der Waals surface area contributed by atoms with Gasteiger partial charge in [-0.25, -0.2) is 4.98 Å². The van der Waals surface area contributed by atoms with E-state index >= 15 is 0 Å². The fourth-order valence-electron chi connectivity index (χ4n) is 2.96. The number of hydrogen-bond donors (Lipinski definition) is 0. The van der Waals surface area contributed by atoms with E-state index < -0.39 is 0 Å². The summed E-state index contributed by atoms with van der Waals surface area (Å²) in [4.78, 5) is 16.1. The SMILES string of the molecule is CC(=O)c1ccccc1-c1ncc(C2CCCCC2)o1. The lowest BCUT2D eigenvalue weighted by Gasteiger charge is -2.18. The van der Waals surface area contributed by atoms with Gasteiger partial charge in [0.2, 0.25) is 5.89 Å². The Kier molecular flexibility index (Phi) is 3.68. The zero-order valence-electron chi connectivity index (χ0n) is 11.8. The minimum atomic E-state index is 0.0398. The molecule has 104 valence electrons. The molecule has 0 unspecified atom stereocenters. The maximum atomic E-state index is 11.7. The first-order valence-electron chi connectivity index (χ1n) is 7.32. The number of aromatic nitrogens is 1. The molecule has 1 aliphatic carbocycles. The number of Topliss-reactive ketones (excluding diaryl/α,β-unsaturated/α-hetero) is 1. The Hall–Kier alpha value is -1.90. The second-order valence-corrected chi connectivity index (χ2v) is 5.50. The molecule has 0 N–H and O–H groups in total. The molecule has 0 atom stereocenters. The average molecular weight is 269 g/mol. The summed E-state index contributed by atoms with van der Waals surface area (Å²) in [6.45, 7) is 1.57. The molecule has 1 fully saturated rings. The fraction of sp³-hybridized carbons (Fsp3) is 0.412. The van der Waals surface area contributed by atoms with Gasteiger partial charge in [0.25, 0.3) is 0 Å². The predicted octanol–water partition coefficient (Wildman–Crippen LogP) is 4.59. The molecule has 3 nitrogen and oxygen atoms in total. The van der Waals surface area contributed by atoms with E-state index in [1.54, 1.807) is 6.92 Å². The Balaban J connectivity index is 1.92. The Morgan fingerprint density at radius 3 is 2.70 bits per heavy atom. The molecular weight excluding hydrogens is 250 g/mol. The Morgan fingerprint density at radius 1 is 1.20 bits per heavy atom. The van der Waals surface area contributed by atoms with Crippen molar-refractivity contribution in [3.8, 4) is 11.5 Å². The third-order valence-corrected chi connectivity index (χ3v) is 4.07. The van der Waals surface area contributed by atoms with E-state index in [0.717, 1.165) is 11.3 Å². The van der Waals surface area contributed by atoms with Crippen LogP contribution in [0.2, 0.25) is 0 Å². The second kappa shape index (κ2) is 5.61. The summed E-state index contributed by atoms with van der Waals surface area (Å²) in [7, 11) is 0. The molecule has 3 rings (SSSR count). The lowest BCUT2D eigenvalue weighted by molar-refractivity contribution is 0.101. The topological polar surface area (TPSA) is 43.1 Å². The normalized spacial score (nSPS) is 16.2. The highest BCUT2D eigenvalue weighted by Gasteiger charge is 2.21. The standard InChI is InChI=1S/C17H19NO2/c1-12(19)14-9-5-6-10-15(14)17-18-11-16(20-17)13-7-3-2-4-8-13/h5-6,9-11,13H,2-4,7-8H2,1H3. The van der Waals surface area contributed by atoms with E-state index in [-0.39, 0.29) is 5.78 Å². The Bertz CT molecular complexity index is 609. The van der Waals surface area contributed by atoms with E-state index in [9.17, 15) is 4.79 Å². The highest BCUT2D eigenvalue weighted by atomic mass is 16.4. The largest absolute Gasteiger partial charge is 0.441 e. The molecule has 2 aromatic rings. The lowest BCUT2D eigenvalue weighted by Crippen LogP contribution is -2.03. The van der Waals surface area contributed by atoms with Crippen LogP contribution < -0.4 is 0 Å². The summed E-state index contributed by atoms with van der Waals surface area (Å²) >= 11 is 0. The molecule has 0 aliphatic heterocycles. The Morgan fingerprint density at radius 2 is 1.95 bits per heavy atom. The molecule has 1 saturated carbocycles. The summed E-state index contributed by atoms with van der Waals surface area (Å²) in [5, 5.41) is 0. The van der Waals surface area contributed by atoms with Crippen LogP contribution in [0.25, 0.3) is 11.5 Å². The van der Waals surface area contributed by atoms with Crippen LogP contribution in [0.1, 0.15) is 61.1 Å². The monoisotopic (exact) mass is 269 g/mol. The molecule has 20 heavy (non-hydrogen) atoms. The minimum absolute atomic E-state index is 0.0398. The summed E-state index contributed by atoms with van der Waals surface area (Å²) in [5.41, 5.74) is 1.46. The summed E-state index contributed by atoms with van der Waals surface area (Å²) in [6, 6.07) is 7.49. The van der Waals surface area contributed by atoms with E-state index in [1.165, 1.54) is 32.1 Å². The summed E-state index contributed by atoms with van der Waals surface area (Å²) < 4.78 is 5.94. The van der Waals surface area contributed by atoms with Crippen molar-refractivity contribution in [3.63, 3.8) is 0 Å². The first-order valence-corrected chi connectivity index (χ1v) is 7.32. The number of carbonyl (C=O) groups excluding carboxylic acids is 1. The smallest absolute Gasteiger partial charge is 0.226 e. The van der Waals surface area contributed by atoms with Crippen LogP contribution >= 0.6 is 0 Å². The van der Waals surface area contributed by atoms with Gasteiger partial charge in [-0.15, -0.1) is 0 Å². The van der Waals surface area contributed by atoms with Crippen LogP contribution in [0.4, 0.5) is 0 Å². The third kappa shape index (κ3) is 2.53. The highest BCUT2D eigenvalue weighted by Crippen LogP contribution is 2.34. The molecule has 0 spiro atoms. The average Bonchev–Trinajstić information content (AvgIpc) is 2.98. The van der Waals surface area contributed by atoms with Gasteiger partial charge in [-0.2, -0.15) is 0 Å². The summed E-state index contributed by atoms with van der Waals surface area (Å²) in [6.07, 6.45) is 8.06. The van der Waals surface area contributed by atoms with Crippen molar-refractivity contribution >= 4 is 5.78 Å². The van der Waals surface area contributed by atoms with Gasteiger partial charge in [0.15, 0.2) is 5.78 Å². The molecular formula is C17H19NO2. The maximum Gasteiger partial charge on any atom is 0.226 e. The van der Waals surface area contributed by atoms with Crippen molar-refractivity contribution in [2.24, 2.45) is 0 Å². The first kappa shape index (κ1) is 13.1. The second-order valence-electron chi connectivity index (χ2n) is 5.50. The molecule has 3 heteroatoms. The predicted molar refractivity (Wildman–Crippen MR) is 77.8 cm³/mol. The molecule has 0 bridgehead atoms. The van der Waals surface area contributed by atoms with E-state index in [0.29, 0.717) is 17.4 Å². The van der Waals surface area contributed by atoms with Crippen LogP contribution in [0.3, 0.4) is 0 Å². The van der Waals surface area contributed by atoms with Gasteiger partial charge in [0, 0.05) is 17.0 Å². The van der Waals surface area contributed by atoms with Crippen molar-refractivity contribution < 1.29 is 9.21 Å². The zero-order chi connectivity index (χ0) is 13.9. The minimum Gasteiger partial charge on any atom is -0.441 e. The molecule has 1 aromatic carbocycles. The van der Waals surface area contributed by atoms with Crippen molar-refractivity contribution in [1.29, 1.82) is 0 Å². The number of nitrogens with zero attached hydrogens (tertiary/aromatic N) is 1. The summed E-state index contributed by atoms with van der Waals surface area (Å²) in [5.74, 6) is 2.07. The van der Waals surface area contributed by atoms with Crippen LogP contribution in [-0.2, 0) is 0 Å². The number of rotatable bonds is 3. The number of oxazole rings is 1. The number of benzene rings is 1. The highest BCUT2D eigenvalue weighted by molar-refractivity contribution is 5.99. The lowest BCUT2D eigenvalue weighted by atomic mass is 9.88. The van der Waals surface area contributed by atoms with Crippen LogP contribution in [0.5, 0.6) is 0 Å². The zero-order valence-corrected chi connectivity index (χ0v) is 11.8. The number of carbonyl (C=O) groups is 1. The van der Waals surface area contributed by atoms with Gasteiger partial charge in [0.1, 0.15) is 5.76 Å². The van der Waals surface area contributed by atoms with Crippen molar-refractivity contribution in [3.05, 3.63) is 41.8 Å². The van der Waals surface area contributed by atoms with Crippen LogP contribution in [-0.4, -0.2) is 10.8 Å².